The van der Waals surface area contributed by atoms with Crippen LogP contribution in [0.25, 0.3) is 0 Å². The minimum Gasteiger partial charge on any atom is -0.457 e. The lowest BCUT2D eigenvalue weighted by Gasteiger charge is -2.27. The number of nitrogens with one attached hydrogen (secondary N) is 2. The van der Waals surface area contributed by atoms with E-state index in [4.69, 9.17) is 9.99 Å². The first-order chi connectivity index (χ1) is 41.0. The second-order valence-electron chi connectivity index (χ2n) is 22.4. The van der Waals surface area contributed by atoms with Crippen molar-refractivity contribution in [3.05, 3.63) is 130 Å². The molecule has 29 heteroatoms. The van der Waals surface area contributed by atoms with Crippen molar-refractivity contribution in [2.75, 3.05) is 55.8 Å². The van der Waals surface area contributed by atoms with Crippen LogP contribution in [0.1, 0.15) is 104 Å². The highest BCUT2D eigenvalue weighted by Gasteiger charge is 2.45. The highest BCUT2D eigenvalue weighted by Crippen LogP contribution is 2.49. The second kappa shape index (κ2) is 30.8. The number of benzene rings is 3. The van der Waals surface area contributed by atoms with Crippen molar-refractivity contribution in [1.29, 1.82) is 0 Å². The fourth-order valence-electron chi connectivity index (χ4n) is 10.6. The molecule has 1 aliphatic carbocycles. The molecule has 0 saturated carbocycles. The van der Waals surface area contributed by atoms with E-state index in [0.717, 1.165) is 34.6 Å². The summed E-state index contributed by atoms with van der Waals surface area (Å²) in [5.74, 6) is -0.638. The molecule has 0 saturated heterocycles. The van der Waals surface area contributed by atoms with Gasteiger partial charge in [0.05, 0.1) is 41.5 Å². The van der Waals surface area contributed by atoms with Gasteiger partial charge >= 0.3 is 0 Å². The van der Waals surface area contributed by atoms with Gasteiger partial charge in [-0.15, -0.1) is 4.33 Å². The molecule has 0 radical (unpaired) electrons. The largest absolute Gasteiger partial charge is 0.457 e. The molecular formula is C58H79N4O22S3+. The molecule has 3 aromatic rings. The van der Waals surface area contributed by atoms with Gasteiger partial charge in [-0.2, -0.15) is 21.4 Å². The predicted molar refractivity (Wildman–Crippen MR) is 318 cm³/mol. The van der Waals surface area contributed by atoms with E-state index in [1.54, 1.807) is 36.4 Å². The van der Waals surface area contributed by atoms with Gasteiger partial charge in [0.15, 0.2) is 5.71 Å². The number of aliphatic hydroxyl groups is 10. The van der Waals surface area contributed by atoms with Crippen molar-refractivity contribution >= 4 is 61.2 Å². The number of allylic oxidation sites excluding steroid dienone is 7. The van der Waals surface area contributed by atoms with Crippen molar-refractivity contribution in [3.8, 4) is 5.75 Å². The lowest BCUT2D eigenvalue weighted by Crippen LogP contribution is -2.49. The molecule has 2 aliphatic heterocycles. The van der Waals surface area contributed by atoms with Crippen molar-refractivity contribution in [2.24, 2.45) is 0 Å². The van der Waals surface area contributed by atoms with E-state index in [-0.39, 0.29) is 34.7 Å². The number of hydrogen-bond donors (Lipinski definition) is 15. The standard InChI is InChI=1S/C58H78N4O22S3/c1-57(2)40-28-36(55(73)59-30-44(65)50(69)52(71)46(67)32-63)12-20-42(40)61(24-5-7-26-85-84-83-75)48(57)22-14-34-10-9-11-35(54(34)82-38-16-18-39(19-17-38)87(79,80)81)15-23-49-58(3,4)41-29-37(13-21-43(41)62(49)25-6-8-27-86(76,77)78)56(74)60-31-45(66)51(70)53(72)47(68)33-64/h12-23,28-29,44-47,50-53,63-72H,5-11,24-27,30-33H2,1-4H3,(H4-,59,60,73,74,75,76,77,78,79,80,81)/p+1. The minimum atomic E-state index is -4.57. The summed E-state index contributed by atoms with van der Waals surface area (Å²) in [6.07, 6.45) is -3.59. The average Bonchev–Trinajstić information content (AvgIpc) is 1.65. The molecule has 480 valence electrons. The second-order valence-corrected chi connectivity index (χ2v) is 26.2. The smallest absolute Gasteiger partial charge is 0.294 e. The maximum absolute atomic E-state index is 13.6. The molecule has 8 atom stereocenters. The minimum absolute atomic E-state index is 0.109. The summed E-state index contributed by atoms with van der Waals surface area (Å²) in [4.78, 5) is 29.0. The number of hydrogen-bond acceptors (Lipinski definition) is 22. The zero-order valence-corrected chi connectivity index (χ0v) is 50.9. The van der Waals surface area contributed by atoms with Gasteiger partial charge in [0.1, 0.15) is 54.7 Å². The molecule has 0 bridgehead atoms. The Labute approximate surface area is 508 Å². The molecule has 26 nitrogen and oxygen atoms in total. The SMILES string of the molecule is CC1(C)C(/C=C/C2=C(Oc3ccc(S(=O)(=O)O)cc3)C(=C/C=C3/N(CCCCSOOO)c4ccc(C(=O)NCC(O)C(O)C(O)C(O)CO)cc4C3(C)C)/CCC2)=[N+](CCCCS(=O)(=O)O)c2ccc(C(=O)NCC(O)C(O)C(O)C(O)CO)cc21. The fraction of sp³-hybridized carbons (Fsp3) is 0.500. The third-order valence-corrected chi connectivity index (χ3v) is 17.9. The Morgan fingerprint density at radius 1 is 0.701 bits per heavy atom. The number of rotatable bonds is 32. The van der Waals surface area contributed by atoms with Crippen LogP contribution in [0.2, 0.25) is 0 Å². The van der Waals surface area contributed by atoms with E-state index in [9.17, 15) is 86.6 Å². The van der Waals surface area contributed by atoms with Crippen molar-refractivity contribution < 1.29 is 111 Å². The molecule has 0 spiro atoms. The van der Waals surface area contributed by atoms with Crippen LogP contribution in [0.4, 0.5) is 11.4 Å². The predicted octanol–water partition coefficient (Wildman–Crippen LogP) is 1.84. The monoisotopic (exact) mass is 1280 g/mol. The zero-order valence-electron chi connectivity index (χ0n) is 48.4. The van der Waals surface area contributed by atoms with Crippen LogP contribution in [0.5, 0.6) is 5.75 Å². The lowest BCUT2D eigenvalue weighted by atomic mass is 9.80. The Bertz CT molecular complexity index is 3300. The number of ether oxygens (including phenoxy) is 1. The number of unbranched alkanes of at least 4 members (excludes halogenated alkanes) is 2. The van der Waals surface area contributed by atoms with Crippen LogP contribution >= 0.6 is 12.0 Å². The number of carbonyl (C=O) groups excluding carboxylic acids is 2. The summed E-state index contributed by atoms with van der Waals surface area (Å²) in [5, 5.41) is 117. The van der Waals surface area contributed by atoms with E-state index in [1.807, 2.05) is 56.6 Å². The van der Waals surface area contributed by atoms with E-state index < -0.39 is 124 Å². The number of anilines is 1. The molecule has 15 N–H and O–H groups in total. The first-order valence-corrected chi connectivity index (χ1v) is 32.0. The molecule has 8 unspecified atom stereocenters. The molecule has 87 heavy (non-hydrogen) atoms. The van der Waals surface area contributed by atoms with Gasteiger partial charge in [0.2, 0.25) is 5.69 Å². The van der Waals surface area contributed by atoms with Gasteiger partial charge in [0, 0.05) is 89.5 Å². The van der Waals surface area contributed by atoms with E-state index >= 15 is 0 Å². The topological polar surface area (TPSA) is 423 Å². The molecule has 3 aliphatic rings. The van der Waals surface area contributed by atoms with E-state index in [2.05, 4.69) is 24.9 Å². The Morgan fingerprint density at radius 2 is 1.28 bits per heavy atom. The quantitative estimate of drug-likeness (QED) is 0.0106. The molecular weight excluding hydrogens is 1200 g/mol. The van der Waals surface area contributed by atoms with Gasteiger partial charge in [-0.1, -0.05) is 25.0 Å². The molecule has 0 aromatic heterocycles. The Morgan fingerprint density at radius 3 is 1.84 bits per heavy atom. The summed E-state index contributed by atoms with van der Waals surface area (Å²) >= 11 is 0.917. The average molecular weight is 1280 g/mol. The van der Waals surface area contributed by atoms with Gasteiger partial charge in [-0.3, -0.25) is 18.7 Å². The number of amides is 2. The van der Waals surface area contributed by atoms with E-state index in [0.29, 0.717) is 79.1 Å². The number of carbonyl (C=O) groups is 2. The van der Waals surface area contributed by atoms with Gasteiger partial charge in [-0.05, 0) is 136 Å². The van der Waals surface area contributed by atoms with Gasteiger partial charge in [-0.25, -0.2) is 5.26 Å². The lowest BCUT2D eigenvalue weighted by molar-refractivity contribution is -0.438. The first kappa shape index (κ1) is 70.6. The third kappa shape index (κ3) is 17.9. The zero-order chi connectivity index (χ0) is 64.2. The Hall–Kier alpha value is -5.52. The molecule has 6 rings (SSSR count). The Balaban J connectivity index is 1.41. The van der Waals surface area contributed by atoms with Crippen molar-refractivity contribution in [1.82, 2.24) is 10.6 Å². The summed E-state index contributed by atoms with van der Waals surface area (Å²) in [6, 6.07) is 15.2. The van der Waals surface area contributed by atoms with Crippen LogP contribution in [-0.2, 0) is 40.4 Å². The van der Waals surface area contributed by atoms with E-state index in [1.165, 1.54) is 24.3 Å². The van der Waals surface area contributed by atoms with Crippen LogP contribution in [0, 0.1) is 0 Å². The Kier molecular flexibility index (Phi) is 25.0. The van der Waals surface area contributed by atoms with Gasteiger partial charge in [0.25, 0.3) is 32.1 Å². The number of fused-ring (bicyclic) bond motifs is 2. The number of nitrogens with zero attached hydrogens (tertiary/aromatic N) is 2. The maximum Gasteiger partial charge on any atom is 0.294 e. The third-order valence-electron chi connectivity index (χ3n) is 15.6. The van der Waals surface area contributed by atoms with Gasteiger partial charge < -0.3 is 71.3 Å². The summed E-state index contributed by atoms with van der Waals surface area (Å²) < 4.78 is 80.3. The molecule has 0 fully saturated rings. The van der Waals surface area contributed by atoms with Crippen LogP contribution in [0.15, 0.2) is 112 Å². The van der Waals surface area contributed by atoms with Crippen LogP contribution in [-0.4, -0.2) is 204 Å². The molecule has 2 amide bonds. The van der Waals surface area contributed by atoms with Crippen LogP contribution < -0.4 is 20.3 Å². The molecule has 3 aromatic carbocycles. The number of aliphatic hydroxyl groups excluding tert-OH is 10. The van der Waals surface area contributed by atoms with Crippen molar-refractivity contribution in [2.45, 2.75) is 137 Å². The summed E-state index contributed by atoms with van der Waals surface area (Å²) in [6.45, 7) is 5.75. The molecule has 2 heterocycles. The first-order valence-electron chi connectivity index (χ1n) is 28.0. The highest BCUT2D eigenvalue weighted by atomic mass is 32.2. The normalized spacial score (nSPS) is 19.6. The van der Waals surface area contributed by atoms with Crippen molar-refractivity contribution in [3.63, 3.8) is 0 Å². The summed E-state index contributed by atoms with van der Waals surface area (Å²) in [5.41, 5.74) is 4.56. The highest BCUT2D eigenvalue weighted by molar-refractivity contribution is 7.94. The van der Waals surface area contributed by atoms with Crippen LogP contribution in [0.3, 0.4) is 0 Å². The fourth-order valence-corrected chi connectivity index (χ4v) is 12.1. The maximum atomic E-state index is 13.6. The summed E-state index contributed by atoms with van der Waals surface area (Å²) in [7, 11) is -8.85.